The zero-order chi connectivity index (χ0) is 8.84. The second-order valence-corrected chi connectivity index (χ2v) is 3.36. The van der Waals surface area contributed by atoms with Gasteiger partial charge in [-0.25, -0.2) is 0 Å². The van der Waals surface area contributed by atoms with E-state index in [2.05, 4.69) is 41.0 Å². The predicted molar refractivity (Wildman–Crippen MR) is 54.1 cm³/mol. The molecule has 2 N–H and O–H groups in total. The highest BCUT2D eigenvalue weighted by atomic mass is 15.0. The van der Waals surface area contributed by atoms with Crippen LogP contribution in [0.5, 0.6) is 0 Å². The Morgan fingerprint density at radius 2 is 2.08 bits per heavy atom. The van der Waals surface area contributed by atoms with Gasteiger partial charge in [0.1, 0.15) is 0 Å². The summed E-state index contributed by atoms with van der Waals surface area (Å²) >= 11 is 0. The van der Waals surface area contributed by atoms with Crippen LogP contribution in [0.3, 0.4) is 0 Å². The van der Waals surface area contributed by atoms with Crippen molar-refractivity contribution in [1.29, 1.82) is 0 Å². The van der Waals surface area contributed by atoms with Gasteiger partial charge < -0.3 is 10.3 Å². The van der Waals surface area contributed by atoms with Crippen molar-refractivity contribution in [3.63, 3.8) is 0 Å². The van der Waals surface area contributed by atoms with Crippen LogP contribution in [-0.4, -0.2) is 4.57 Å². The van der Waals surface area contributed by atoms with Gasteiger partial charge in [-0.2, -0.15) is 0 Å². The molecule has 2 heterocycles. The quantitative estimate of drug-likeness (QED) is 0.643. The molecule has 0 amide bonds. The molecule has 0 spiro atoms. The van der Waals surface area contributed by atoms with E-state index in [1.54, 1.807) is 0 Å². The molecule has 0 unspecified atom stereocenters. The molecule has 3 rings (SSSR count). The van der Waals surface area contributed by atoms with E-state index in [1.165, 1.54) is 10.9 Å². The van der Waals surface area contributed by atoms with Crippen molar-refractivity contribution < 1.29 is 0 Å². The minimum Gasteiger partial charge on any atom is -0.397 e. The Balaban J connectivity index is 2.43. The van der Waals surface area contributed by atoms with Crippen molar-refractivity contribution in [3.8, 4) is 0 Å². The molecule has 1 aromatic heterocycles. The highest BCUT2D eigenvalue weighted by Gasteiger charge is 2.13. The van der Waals surface area contributed by atoms with E-state index in [-0.39, 0.29) is 0 Å². The second-order valence-electron chi connectivity index (χ2n) is 3.36. The maximum Gasteiger partial charge on any atom is 0.0651 e. The van der Waals surface area contributed by atoms with Crippen LogP contribution in [0.25, 0.3) is 16.6 Å². The topological polar surface area (TPSA) is 30.9 Å². The third-order valence-electron chi connectivity index (χ3n) is 2.60. The van der Waals surface area contributed by atoms with Gasteiger partial charge in [0, 0.05) is 17.4 Å². The summed E-state index contributed by atoms with van der Waals surface area (Å²) in [6.45, 7) is 0.911. The van der Waals surface area contributed by atoms with Gasteiger partial charge in [0.15, 0.2) is 0 Å². The van der Waals surface area contributed by atoms with Gasteiger partial charge in [-0.3, -0.25) is 0 Å². The first-order valence-corrected chi connectivity index (χ1v) is 4.40. The summed E-state index contributed by atoms with van der Waals surface area (Å²) in [5.74, 6) is 0. The summed E-state index contributed by atoms with van der Waals surface area (Å²) in [4.78, 5) is 0. The molecule has 13 heavy (non-hydrogen) atoms. The standard InChI is InChI=1S/C11H10N2/c12-9-5-6-13-10-4-2-1-3-8(10)7-11(9)13/h1-5,7H,6,12H2. The SMILES string of the molecule is NC1=CCn2c1cc1ccccc12. The van der Waals surface area contributed by atoms with Crippen molar-refractivity contribution in [2.45, 2.75) is 6.54 Å². The molecule has 1 aliphatic rings. The lowest BCUT2D eigenvalue weighted by Crippen LogP contribution is -1.95. The normalized spacial score (nSPS) is 14.6. The Bertz CT molecular complexity index is 506. The lowest BCUT2D eigenvalue weighted by molar-refractivity contribution is 0.881. The molecule has 0 radical (unpaired) electrons. The molecule has 0 bridgehead atoms. The maximum absolute atomic E-state index is 5.85. The lowest BCUT2D eigenvalue weighted by atomic mass is 10.2. The summed E-state index contributed by atoms with van der Waals surface area (Å²) < 4.78 is 2.24. The number of hydrogen-bond donors (Lipinski definition) is 1. The molecular weight excluding hydrogens is 160 g/mol. The Morgan fingerprint density at radius 1 is 1.23 bits per heavy atom. The zero-order valence-electron chi connectivity index (χ0n) is 7.20. The van der Waals surface area contributed by atoms with Crippen LogP contribution in [0.4, 0.5) is 0 Å². The van der Waals surface area contributed by atoms with Gasteiger partial charge in [-0.05, 0) is 18.2 Å². The van der Waals surface area contributed by atoms with Gasteiger partial charge >= 0.3 is 0 Å². The van der Waals surface area contributed by atoms with Gasteiger partial charge in [0.05, 0.1) is 11.4 Å². The number of aromatic nitrogens is 1. The monoisotopic (exact) mass is 170 g/mol. The summed E-state index contributed by atoms with van der Waals surface area (Å²) in [6, 6.07) is 10.5. The summed E-state index contributed by atoms with van der Waals surface area (Å²) in [6.07, 6.45) is 2.06. The number of nitrogens with two attached hydrogens (primary N) is 1. The molecule has 0 fully saturated rings. The van der Waals surface area contributed by atoms with E-state index in [1.807, 2.05) is 0 Å². The molecule has 2 aromatic rings. The van der Waals surface area contributed by atoms with Crippen LogP contribution in [0.15, 0.2) is 36.4 Å². The van der Waals surface area contributed by atoms with Crippen molar-refractivity contribution >= 4 is 16.6 Å². The highest BCUT2D eigenvalue weighted by Crippen LogP contribution is 2.26. The first kappa shape index (κ1) is 6.78. The van der Waals surface area contributed by atoms with E-state index in [4.69, 9.17) is 5.73 Å². The summed E-state index contributed by atoms with van der Waals surface area (Å²) in [7, 11) is 0. The fourth-order valence-corrected chi connectivity index (χ4v) is 1.94. The number of allylic oxidation sites excluding steroid dienone is 1. The van der Waals surface area contributed by atoms with Crippen LogP contribution in [0.2, 0.25) is 0 Å². The molecule has 2 nitrogen and oxygen atoms in total. The minimum atomic E-state index is 0.899. The number of fused-ring (bicyclic) bond motifs is 3. The molecule has 1 aliphatic heterocycles. The largest absolute Gasteiger partial charge is 0.397 e. The number of nitrogens with zero attached hydrogens (tertiary/aromatic N) is 1. The minimum absolute atomic E-state index is 0.899. The van der Waals surface area contributed by atoms with Gasteiger partial charge in [-0.1, -0.05) is 18.2 Å². The first-order valence-electron chi connectivity index (χ1n) is 4.40. The fourth-order valence-electron chi connectivity index (χ4n) is 1.94. The van der Waals surface area contributed by atoms with E-state index in [0.29, 0.717) is 0 Å². The molecule has 0 saturated carbocycles. The number of benzene rings is 1. The Morgan fingerprint density at radius 3 is 3.00 bits per heavy atom. The van der Waals surface area contributed by atoms with Crippen LogP contribution >= 0.6 is 0 Å². The van der Waals surface area contributed by atoms with E-state index >= 15 is 0 Å². The summed E-state index contributed by atoms with van der Waals surface area (Å²) in [5.41, 5.74) is 9.18. The van der Waals surface area contributed by atoms with Gasteiger partial charge in [0.2, 0.25) is 0 Å². The molecule has 2 heteroatoms. The van der Waals surface area contributed by atoms with Crippen molar-refractivity contribution in [1.82, 2.24) is 4.57 Å². The van der Waals surface area contributed by atoms with Gasteiger partial charge in [0.25, 0.3) is 0 Å². The average molecular weight is 170 g/mol. The van der Waals surface area contributed by atoms with Crippen LogP contribution in [0.1, 0.15) is 5.69 Å². The molecular formula is C11H10N2. The molecule has 0 atom stereocenters. The first-order chi connectivity index (χ1) is 6.36. The molecule has 0 saturated heterocycles. The number of rotatable bonds is 0. The fraction of sp³-hybridized carbons (Fsp3) is 0.0909. The third kappa shape index (κ3) is 0.773. The molecule has 1 aromatic carbocycles. The van der Waals surface area contributed by atoms with Gasteiger partial charge in [-0.15, -0.1) is 0 Å². The zero-order valence-corrected chi connectivity index (χ0v) is 7.20. The van der Waals surface area contributed by atoms with E-state index < -0.39 is 0 Å². The maximum atomic E-state index is 5.85. The average Bonchev–Trinajstić information content (AvgIpc) is 2.67. The number of hydrogen-bond acceptors (Lipinski definition) is 1. The van der Waals surface area contributed by atoms with Crippen LogP contribution in [0, 0.1) is 0 Å². The van der Waals surface area contributed by atoms with Crippen molar-refractivity contribution in [3.05, 3.63) is 42.1 Å². The highest BCUT2D eigenvalue weighted by molar-refractivity contribution is 5.86. The molecule has 64 valence electrons. The van der Waals surface area contributed by atoms with Crippen LogP contribution in [-0.2, 0) is 6.54 Å². The number of para-hydroxylation sites is 1. The smallest absolute Gasteiger partial charge is 0.0651 e. The summed E-state index contributed by atoms with van der Waals surface area (Å²) in [5, 5.41) is 1.27. The Kier molecular flexibility index (Phi) is 1.13. The second kappa shape index (κ2) is 2.16. The van der Waals surface area contributed by atoms with E-state index in [9.17, 15) is 0 Å². The van der Waals surface area contributed by atoms with Crippen molar-refractivity contribution in [2.75, 3.05) is 0 Å². The van der Waals surface area contributed by atoms with E-state index in [0.717, 1.165) is 17.9 Å². The molecule has 0 aliphatic carbocycles. The lowest BCUT2D eigenvalue weighted by Gasteiger charge is -1.98. The Hall–Kier alpha value is -1.70. The third-order valence-corrected chi connectivity index (χ3v) is 2.60. The van der Waals surface area contributed by atoms with Crippen LogP contribution < -0.4 is 5.73 Å². The Labute approximate surface area is 76.3 Å². The predicted octanol–water partition coefficient (Wildman–Crippen LogP) is 1.95. The van der Waals surface area contributed by atoms with Crippen molar-refractivity contribution in [2.24, 2.45) is 5.73 Å².